The molecule has 0 unspecified atom stereocenters. The van der Waals surface area contributed by atoms with Crippen molar-refractivity contribution in [1.29, 1.82) is 0 Å². The summed E-state index contributed by atoms with van der Waals surface area (Å²) in [5.41, 5.74) is 2.05. The average molecular weight is 336 g/mol. The summed E-state index contributed by atoms with van der Waals surface area (Å²) in [5.74, 6) is 0. The molecular weight excluding hydrogens is 321 g/mol. The number of azo groups is 1. The number of benzene rings is 1. The molecule has 0 N–H and O–H groups in total. The molecule has 16 heavy (non-hydrogen) atoms. The maximum absolute atomic E-state index is 5.05. The van der Waals surface area contributed by atoms with Gasteiger partial charge in [-0.05, 0) is 0 Å². The Morgan fingerprint density at radius 2 is 1.94 bits per heavy atom. The third-order valence-corrected chi connectivity index (χ3v) is 4.37. The molecule has 0 aromatic heterocycles. The van der Waals surface area contributed by atoms with Crippen LogP contribution in [0.4, 0.5) is 5.69 Å². The summed E-state index contributed by atoms with van der Waals surface area (Å²) < 4.78 is 2.59. The number of rotatable bonds is 5. The molecule has 0 bridgehead atoms. The molecule has 0 radical (unpaired) electrons. The zero-order valence-corrected chi connectivity index (χ0v) is 11.9. The first-order valence-electron chi connectivity index (χ1n) is 4.65. The van der Waals surface area contributed by atoms with E-state index in [0.29, 0.717) is 0 Å². The molecule has 0 saturated carbocycles. The van der Waals surface area contributed by atoms with E-state index in [-0.39, 0.29) is 0 Å². The van der Waals surface area contributed by atoms with E-state index in [0.717, 1.165) is 14.8 Å². The third-order valence-electron chi connectivity index (χ3n) is 1.76. The van der Waals surface area contributed by atoms with Gasteiger partial charge in [0.2, 0.25) is 0 Å². The van der Waals surface area contributed by atoms with E-state index in [1.54, 1.807) is 21.3 Å². The number of hydrogen-bond donors (Lipinski definition) is 0. The second-order valence-corrected chi connectivity index (χ2v) is 5.35. The van der Waals surface area contributed by atoms with Gasteiger partial charge in [0.05, 0.1) is 0 Å². The van der Waals surface area contributed by atoms with Crippen molar-refractivity contribution in [1.82, 2.24) is 3.44 Å². The van der Waals surface area contributed by atoms with E-state index < -0.39 is 21.5 Å². The SMILES string of the molecule is CN=Nc1cc(C)ccc1[I-]N(OC)OC. The topological polar surface area (TPSA) is 46.4 Å². The minimum absolute atomic E-state index is 0.551. The molecule has 90 valence electrons. The predicted octanol–water partition coefficient (Wildman–Crippen LogP) is -0.693. The Labute approximate surface area is 106 Å². The fourth-order valence-corrected chi connectivity index (χ4v) is 2.77. The van der Waals surface area contributed by atoms with Crippen LogP contribution in [0.1, 0.15) is 5.56 Å². The van der Waals surface area contributed by atoms with Crippen LogP contribution in [-0.4, -0.2) is 24.7 Å². The van der Waals surface area contributed by atoms with E-state index in [4.69, 9.17) is 9.68 Å². The Balaban J connectivity index is 2.93. The van der Waals surface area contributed by atoms with Gasteiger partial charge in [-0.25, -0.2) is 0 Å². The predicted molar refractivity (Wildman–Crippen MR) is 56.2 cm³/mol. The van der Waals surface area contributed by atoms with Crippen molar-refractivity contribution in [2.24, 2.45) is 10.2 Å². The molecule has 1 aromatic rings. The van der Waals surface area contributed by atoms with Crippen molar-refractivity contribution in [2.75, 3.05) is 21.3 Å². The molecule has 5 nitrogen and oxygen atoms in total. The van der Waals surface area contributed by atoms with E-state index >= 15 is 0 Å². The second-order valence-electron chi connectivity index (χ2n) is 2.92. The second kappa shape index (κ2) is 6.89. The van der Waals surface area contributed by atoms with E-state index in [1.165, 1.54) is 3.44 Å². The van der Waals surface area contributed by atoms with E-state index in [9.17, 15) is 0 Å². The fraction of sp³-hybridized carbons (Fsp3) is 0.400. The molecule has 0 atom stereocenters. The molecule has 0 aliphatic rings. The van der Waals surface area contributed by atoms with Crippen molar-refractivity contribution < 1.29 is 31.2 Å². The molecule has 1 aromatic carbocycles. The van der Waals surface area contributed by atoms with Gasteiger partial charge in [0, 0.05) is 0 Å². The number of hydrogen-bond acceptors (Lipinski definition) is 5. The minimum atomic E-state index is -0.551. The Bertz CT molecular complexity index is 367. The van der Waals surface area contributed by atoms with Crippen LogP contribution >= 0.6 is 0 Å². The number of aryl methyl sites for hydroxylation is 1. The summed E-state index contributed by atoms with van der Waals surface area (Å²) in [5, 5.41) is 7.91. The van der Waals surface area contributed by atoms with Gasteiger partial charge in [-0.3, -0.25) is 0 Å². The van der Waals surface area contributed by atoms with Crippen LogP contribution in [0.15, 0.2) is 28.4 Å². The molecule has 0 fully saturated rings. The Morgan fingerprint density at radius 1 is 1.25 bits per heavy atom. The third kappa shape index (κ3) is 3.78. The van der Waals surface area contributed by atoms with Gasteiger partial charge in [0.1, 0.15) is 0 Å². The summed E-state index contributed by atoms with van der Waals surface area (Å²) in [6.07, 6.45) is 0. The monoisotopic (exact) mass is 336 g/mol. The molecule has 0 spiro atoms. The van der Waals surface area contributed by atoms with E-state index in [1.807, 2.05) is 25.1 Å². The standard InChI is InChI=1S/C10H15IN3O2/c1-8-5-6-9(10(7-8)13-12-2)11-14(15-3)16-4/h5-7H,1-4H3/q-1. The summed E-state index contributed by atoms with van der Waals surface area (Å²) in [7, 11) is 4.83. The molecule has 6 heteroatoms. The van der Waals surface area contributed by atoms with Gasteiger partial charge >= 0.3 is 106 Å². The van der Waals surface area contributed by atoms with Crippen molar-refractivity contribution >= 4 is 5.69 Å². The molecule has 0 aliphatic carbocycles. The van der Waals surface area contributed by atoms with Crippen LogP contribution in [0.2, 0.25) is 0 Å². The first kappa shape index (κ1) is 13.5. The van der Waals surface area contributed by atoms with Crippen molar-refractivity contribution in [3.63, 3.8) is 0 Å². The van der Waals surface area contributed by atoms with Crippen LogP contribution in [0, 0.1) is 10.5 Å². The van der Waals surface area contributed by atoms with Crippen LogP contribution in [-0.2, 0) is 9.68 Å². The normalized spacial score (nSPS) is 11.8. The molecule has 0 saturated heterocycles. The molecule has 0 amide bonds. The first-order chi connectivity index (χ1) is 7.71. The van der Waals surface area contributed by atoms with Gasteiger partial charge < -0.3 is 0 Å². The summed E-state index contributed by atoms with van der Waals surface area (Å²) in [6.45, 7) is 2.03. The number of nitrogens with zero attached hydrogens (tertiary/aromatic N) is 3. The summed E-state index contributed by atoms with van der Waals surface area (Å²) in [6, 6.07) is 6.09. The fourth-order valence-electron chi connectivity index (χ4n) is 1.10. The van der Waals surface area contributed by atoms with Crippen molar-refractivity contribution in [3.8, 4) is 0 Å². The maximum atomic E-state index is 5.05. The Morgan fingerprint density at radius 3 is 2.50 bits per heavy atom. The first-order valence-corrected chi connectivity index (χ1v) is 6.69. The van der Waals surface area contributed by atoms with Crippen molar-refractivity contribution in [2.45, 2.75) is 6.92 Å². The van der Waals surface area contributed by atoms with Gasteiger partial charge in [-0.1, -0.05) is 0 Å². The Kier molecular flexibility index (Phi) is 5.81. The van der Waals surface area contributed by atoms with E-state index in [2.05, 4.69) is 10.2 Å². The average Bonchev–Trinajstić information content (AvgIpc) is 2.29. The zero-order chi connectivity index (χ0) is 12.0. The number of halogens is 1. The summed E-state index contributed by atoms with van der Waals surface area (Å²) >= 11 is -0.551. The molecule has 0 heterocycles. The summed E-state index contributed by atoms with van der Waals surface area (Å²) in [4.78, 5) is 10.1. The molecule has 1 rings (SSSR count). The molecular formula is C10H15IN3O2-. The Hall–Kier alpha value is -0.570. The van der Waals surface area contributed by atoms with Gasteiger partial charge in [0.15, 0.2) is 0 Å². The van der Waals surface area contributed by atoms with Crippen LogP contribution in [0.5, 0.6) is 0 Å². The van der Waals surface area contributed by atoms with Gasteiger partial charge in [-0.15, -0.1) is 0 Å². The van der Waals surface area contributed by atoms with Gasteiger partial charge in [0.25, 0.3) is 0 Å². The zero-order valence-electron chi connectivity index (χ0n) is 9.77. The van der Waals surface area contributed by atoms with Crippen LogP contribution < -0.4 is 21.5 Å². The molecule has 0 aliphatic heterocycles. The van der Waals surface area contributed by atoms with Crippen LogP contribution in [0.25, 0.3) is 0 Å². The van der Waals surface area contributed by atoms with Crippen LogP contribution in [0.3, 0.4) is 0 Å². The van der Waals surface area contributed by atoms with Gasteiger partial charge in [-0.2, -0.15) is 0 Å². The quantitative estimate of drug-likeness (QED) is 0.309. The van der Waals surface area contributed by atoms with Crippen molar-refractivity contribution in [3.05, 3.63) is 27.3 Å².